The largest absolute Gasteiger partial charge is 0.481 e. The van der Waals surface area contributed by atoms with Crippen LogP contribution in [0.15, 0.2) is 22.8 Å². The number of benzene rings is 1. The van der Waals surface area contributed by atoms with Crippen molar-refractivity contribution in [2.45, 2.75) is 33.1 Å². The molecular weight excluding hydrogens is 318 g/mol. The molecule has 1 aliphatic carbocycles. The minimum atomic E-state index is -0.771. The molecule has 1 amide bonds. The second kappa shape index (κ2) is 5.90. The summed E-state index contributed by atoms with van der Waals surface area (Å²) in [7, 11) is 0. The summed E-state index contributed by atoms with van der Waals surface area (Å²) in [6, 6.07) is 4.04. The van der Waals surface area contributed by atoms with Crippen LogP contribution in [-0.4, -0.2) is 35.0 Å². The molecule has 5 heteroatoms. The first-order valence-corrected chi connectivity index (χ1v) is 8.92. The average Bonchev–Trinajstić information content (AvgIpc) is 3.18. The van der Waals surface area contributed by atoms with Crippen LogP contribution in [0.25, 0.3) is 11.0 Å². The average molecular weight is 341 g/mol. The number of aliphatic carboxylic acids is 1. The van der Waals surface area contributed by atoms with Crippen LogP contribution in [0, 0.1) is 31.6 Å². The van der Waals surface area contributed by atoms with Gasteiger partial charge in [-0.3, -0.25) is 9.59 Å². The van der Waals surface area contributed by atoms with E-state index in [2.05, 4.69) is 0 Å². The van der Waals surface area contributed by atoms with E-state index < -0.39 is 11.9 Å². The van der Waals surface area contributed by atoms with Crippen molar-refractivity contribution >= 4 is 22.8 Å². The molecule has 0 unspecified atom stereocenters. The Morgan fingerprint density at radius 2 is 2.00 bits per heavy atom. The third kappa shape index (κ3) is 2.81. The van der Waals surface area contributed by atoms with Crippen LogP contribution in [0.4, 0.5) is 0 Å². The van der Waals surface area contributed by atoms with Gasteiger partial charge < -0.3 is 14.4 Å². The quantitative estimate of drug-likeness (QED) is 0.927. The molecule has 2 aliphatic rings. The fraction of sp³-hybridized carbons (Fsp3) is 0.500. The third-order valence-electron chi connectivity index (χ3n) is 5.95. The number of aryl methyl sites for hydroxylation is 2. The Balaban J connectivity index is 1.53. The lowest BCUT2D eigenvalue weighted by molar-refractivity contribution is -0.142. The number of nitrogens with zero attached hydrogens (tertiary/aromatic N) is 1. The Hall–Kier alpha value is -2.30. The molecule has 4 rings (SSSR count). The number of likely N-dealkylation sites (tertiary alicyclic amines) is 1. The molecule has 2 fully saturated rings. The zero-order valence-corrected chi connectivity index (χ0v) is 14.6. The summed E-state index contributed by atoms with van der Waals surface area (Å²) < 4.78 is 5.69. The summed E-state index contributed by atoms with van der Waals surface area (Å²) in [4.78, 5) is 26.0. The molecule has 1 aromatic carbocycles. The van der Waals surface area contributed by atoms with Gasteiger partial charge in [-0.15, -0.1) is 0 Å². The van der Waals surface area contributed by atoms with Gasteiger partial charge in [0.25, 0.3) is 0 Å². The predicted molar refractivity (Wildman–Crippen MR) is 93.3 cm³/mol. The number of hydrogen-bond donors (Lipinski definition) is 1. The van der Waals surface area contributed by atoms with Crippen molar-refractivity contribution in [2.24, 2.45) is 17.8 Å². The topological polar surface area (TPSA) is 70.8 Å². The number of carbonyl (C=O) groups is 2. The van der Waals surface area contributed by atoms with Crippen LogP contribution in [0.3, 0.4) is 0 Å². The SMILES string of the molecule is Cc1ccc2c(CC(=O)N3C[C@H](C(=O)O)[C@@H](C4CC4)C3)coc2c1C. The van der Waals surface area contributed by atoms with Crippen LogP contribution in [0.2, 0.25) is 0 Å². The van der Waals surface area contributed by atoms with Crippen LogP contribution in [-0.2, 0) is 16.0 Å². The molecule has 1 aromatic heterocycles. The standard InChI is InChI=1S/C20H23NO4/c1-11-3-6-15-14(10-25-19(15)12(11)2)7-18(22)21-8-16(13-4-5-13)17(9-21)20(23)24/h3,6,10,13,16-17H,4-5,7-9H2,1-2H3,(H,23,24)/t16-,17+/m1/s1. The van der Waals surface area contributed by atoms with Crippen LogP contribution in [0.1, 0.15) is 29.5 Å². The van der Waals surface area contributed by atoms with E-state index in [1.54, 1.807) is 11.2 Å². The first-order valence-electron chi connectivity index (χ1n) is 8.92. The molecule has 25 heavy (non-hydrogen) atoms. The van der Waals surface area contributed by atoms with Gasteiger partial charge in [-0.1, -0.05) is 12.1 Å². The van der Waals surface area contributed by atoms with E-state index in [0.29, 0.717) is 19.0 Å². The van der Waals surface area contributed by atoms with Gasteiger partial charge in [-0.2, -0.15) is 0 Å². The van der Waals surface area contributed by atoms with Crippen molar-refractivity contribution in [3.63, 3.8) is 0 Å². The van der Waals surface area contributed by atoms with E-state index in [-0.39, 0.29) is 18.2 Å². The van der Waals surface area contributed by atoms with Crippen molar-refractivity contribution < 1.29 is 19.1 Å². The molecule has 0 spiro atoms. The molecule has 2 atom stereocenters. The van der Waals surface area contributed by atoms with Gasteiger partial charge in [0.15, 0.2) is 0 Å². The van der Waals surface area contributed by atoms with Gasteiger partial charge in [0.2, 0.25) is 5.91 Å². The lowest BCUT2D eigenvalue weighted by Crippen LogP contribution is -2.31. The maximum Gasteiger partial charge on any atom is 0.308 e. The van der Waals surface area contributed by atoms with Crippen LogP contribution in [0.5, 0.6) is 0 Å². The molecule has 1 saturated carbocycles. The monoisotopic (exact) mass is 341 g/mol. The molecule has 2 heterocycles. The van der Waals surface area contributed by atoms with Gasteiger partial charge in [0.05, 0.1) is 18.6 Å². The Bertz CT molecular complexity index is 849. The number of carboxylic acids is 1. The lowest BCUT2D eigenvalue weighted by Gasteiger charge is -2.16. The zero-order chi connectivity index (χ0) is 17.7. The highest BCUT2D eigenvalue weighted by Gasteiger charge is 2.46. The highest BCUT2D eigenvalue weighted by Crippen LogP contribution is 2.44. The van der Waals surface area contributed by atoms with Gasteiger partial charge in [-0.25, -0.2) is 0 Å². The summed E-state index contributed by atoms with van der Waals surface area (Å²) in [6.45, 7) is 4.97. The second-order valence-corrected chi connectivity index (χ2v) is 7.57. The predicted octanol–water partition coefficient (Wildman–Crippen LogP) is 3.16. The molecule has 0 bridgehead atoms. The number of hydrogen-bond acceptors (Lipinski definition) is 3. The molecule has 2 aromatic rings. The fourth-order valence-corrected chi connectivity index (χ4v) is 4.10. The minimum absolute atomic E-state index is 0.00433. The van der Waals surface area contributed by atoms with Crippen molar-refractivity contribution in [1.82, 2.24) is 4.90 Å². The van der Waals surface area contributed by atoms with E-state index in [1.165, 1.54) is 0 Å². The molecule has 1 N–H and O–H groups in total. The number of rotatable bonds is 4. The summed E-state index contributed by atoms with van der Waals surface area (Å²) >= 11 is 0. The summed E-state index contributed by atoms with van der Waals surface area (Å²) in [5.74, 6) is -0.587. The van der Waals surface area contributed by atoms with Gasteiger partial charge in [-0.05, 0) is 49.7 Å². The smallest absolute Gasteiger partial charge is 0.308 e. The number of amides is 1. The second-order valence-electron chi connectivity index (χ2n) is 7.57. The highest BCUT2D eigenvalue weighted by atomic mass is 16.4. The maximum atomic E-state index is 12.8. The summed E-state index contributed by atoms with van der Waals surface area (Å²) in [5.41, 5.74) is 3.97. The van der Waals surface area contributed by atoms with Crippen LogP contribution >= 0.6 is 0 Å². The normalized spacial score (nSPS) is 23.4. The zero-order valence-electron chi connectivity index (χ0n) is 14.6. The van der Waals surface area contributed by atoms with Crippen molar-refractivity contribution in [3.05, 3.63) is 35.1 Å². The van der Waals surface area contributed by atoms with E-state index in [1.807, 2.05) is 26.0 Å². The summed E-state index contributed by atoms with van der Waals surface area (Å²) in [6.07, 6.45) is 4.13. The molecule has 0 radical (unpaired) electrons. The number of furan rings is 1. The van der Waals surface area contributed by atoms with E-state index in [9.17, 15) is 14.7 Å². The molecule has 1 saturated heterocycles. The first kappa shape index (κ1) is 16.2. The van der Waals surface area contributed by atoms with Gasteiger partial charge >= 0.3 is 5.97 Å². The minimum Gasteiger partial charge on any atom is -0.481 e. The molecule has 132 valence electrons. The Morgan fingerprint density at radius 1 is 1.24 bits per heavy atom. The number of fused-ring (bicyclic) bond motifs is 1. The van der Waals surface area contributed by atoms with E-state index in [0.717, 1.165) is 40.5 Å². The van der Waals surface area contributed by atoms with E-state index in [4.69, 9.17) is 4.42 Å². The number of carboxylic acid groups (broad SMARTS) is 1. The first-order chi connectivity index (χ1) is 12.0. The van der Waals surface area contributed by atoms with Gasteiger partial charge in [0, 0.05) is 24.0 Å². The van der Waals surface area contributed by atoms with Crippen molar-refractivity contribution in [2.75, 3.05) is 13.1 Å². The fourth-order valence-electron chi connectivity index (χ4n) is 4.10. The lowest BCUT2D eigenvalue weighted by atomic mass is 9.92. The molecule has 5 nitrogen and oxygen atoms in total. The Kier molecular flexibility index (Phi) is 3.82. The Labute approximate surface area is 146 Å². The Morgan fingerprint density at radius 3 is 2.68 bits per heavy atom. The van der Waals surface area contributed by atoms with E-state index >= 15 is 0 Å². The van der Waals surface area contributed by atoms with Crippen molar-refractivity contribution in [3.8, 4) is 0 Å². The van der Waals surface area contributed by atoms with Gasteiger partial charge in [0.1, 0.15) is 5.58 Å². The highest BCUT2D eigenvalue weighted by molar-refractivity contribution is 5.90. The van der Waals surface area contributed by atoms with Crippen LogP contribution < -0.4 is 0 Å². The molecular formula is C20H23NO4. The number of carbonyl (C=O) groups excluding carboxylic acids is 1. The maximum absolute atomic E-state index is 12.8. The third-order valence-corrected chi connectivity index (χ3v) is 5.95. The van der Waals surface area contributed by atoms with Crippen molar-refractivity contribution in [1.29, 1.82) is 0 Å². The summed E-state index contributed by atoms with van der Waals surface area (Å²) in [5, 5.41) is 10.4. The molecule has 1 aliphatic heterocycles.